The first-order valence-electron chi connectivity index (χ1n) is 19.8. The van der Waals surface area contributed by atoms with Crippen LogP contribution in [0.15, 0.2) is 118 Å². The van der Waals surface area contributed by atoms with E-state index in [1.165, 1.54) is 0 Å². The molecule has 240 valence electrons. The Morgan fingerprint density at radius 3 is 2.08 bits per heavy atom. The van der Waals surface area contributed by atoms with Gasteiger partial charge in [0.2, 0.25) is 0 Å². The molecule has 0 aliphatic carbocycles. The number of nitrogens with zero attached hydrogens (tertiary/aromatic N) is 2. The quantitative estimate of drug-likeness (QED) is 0.187. The molecule has 0 spiro atoms. The first-order valence-corrected chi connectivity index (χ1v) is 16.8. The number of fused-ring (bicyclic) bond motifs is 8. The van der Waals surface area contributed by atoms with Crippen LogP contribution in [0.25, 0.3) is 83.1 Å². The van der Waals surface area contributed by atoms with E-state index in [2.05, 4.69) is 52.0 Å². The molecule has 4 nitrogen and oxygen atoms in total. The van der Waals surface area contributed by atoms with Crippen LogP contribution in [0.4, 0.5) is 0 Å². The lowest BCUT2D eigenvalue weighted by Crippen LogP contribution is -2.10. The summed E-state index contributed by atoms with van der Waals surface area (Å²) in [7, 11) is 0. The lowest BCUT2D eigenvalue weighted by Gasteiger charge is -2.25. The van der Waals surface area contributed by atoms with E-state index in [-0.39, 0.29) is 23.0 Å². The van der Waals surface area contributed by atoms with Crippen LogP contribution in [-0.2, 0) is 0 Å². The lowest BCUT2D eigenvalue weighted by atomic mass is 9.88. The van der Waals surface area contributed by atoms with Gasteiger partial charge in [0.25, 0.3) is 0 Å². The van der Waals surface area contributed by atoms with E-state index in [1.54, 1.807) is 24.3 Å². The highest BCUT2D eigenvalue weighted by atomic mass is 16.4. The molecule has 0 bridgehead atoms. The van der Waals surface area contributed by atoms with E-state index < -0.39 is 13.7 Å². The third-order valence-corrected chi connectivity index (χ3v) is 9.79. The summed E-state index contributed by atoms with van der Waals surface area (Å²) < 4.78 is 67.0. The molecular weight excluding hydrogens is 601 g/mol. The summed E-state index contributed by atoms with van der Waals surface area (Å²) in [4.78, 5) is 5.21. The Hall–Kier alpha value is -5.61. The number of hydrogen-bond donors (Lipinski definition) is 0. The Balaban J connectivity index is 1.46. The fourth-order valence-corrected chi connectivity index (χ4v) is 7.44. The Bertz CT molecular complexity index is 2930. The van der Waals surface area contributed by atoms with Crippen LogP contribution >= 0.6 is 0 Å². The van der Waals surface area contributed by atoms with E-state index >= 15 is 0 Å². The number of imidazole rings is 1. The summed E-state index contributed by atoms with van der Waals surface area (Å²) in [5.74, 6) is 0.517. The first kappa shape index (κ1) is 23.7. The highest BCUT2D eigenvalue weighted by molar-refractivity contribution is 6.20. The van der Waals surface area contributed by atoms with Gasteiger partial charge >= 0.3 is 0 Å². The van der Waals surface area contributed by atoms with Gasteiger partial charge in [0.15, 0.2) is 11.2 Å². The van der Waals surface area contributed by atoms with Crippen molar-refractivity contribution < 1.29 is 17.1 Å². The van der Waals surface area contributed by atoms with Crippen LogP contribution < -0.4 is 0 Å². The van der Waals surface area contributed by atoms with Gasteiger partial charge in [0.1, 0.15) is 17.0 Å². The number of rotatable bonds is 5. The molecule has 0 unspecified atom stereocenters. The third kappa shape index (κ3) is 4.40. The van der Waals surface area contributed by atoms with Gasteiger partial charge < -0.3 is 8.83 Å². The fraction of sp³-hybridized carbons (Fsp3) is 0.178. The van der Waals surface area contributed by atoms with Gasteiger partial charge in [0.05, 0.1) is 22.3 Å². The second-order valence-corrected chi connectivity index (χ2v) is 13.5. The molecule has 0 radical (unpaired) electrons. The normalized spacial score (nSPS) is 14.6. The minimum absolute atomic E-state index is 0.0342. The SMILES string of the molecule is [2H]C([2H])([2H])c1ccc(-c2nc3cccc(C([2H])([2H])[2H])c3n2-c2c(C(C)C)cc(-c3ccccc3)cc2C(C)C)c2oc3c(ccc4c5ccccc5oc43)c12. The summed E-state index contributed by atoms with van der Waals surface area (Å²) in [6, 6.07) is 34.8. The maximum absolute atomic E-state index is 8.68. The lowest BCUT2D eigenvalue weighted by molar-refractivity contribution is 0.633. The van der Waals surface area contributed by atoms with Crippen LogP contribution in [0.2, 0.25) is 0 Å². The molecule has 0 atom stereocenters. The van der Waals surface area contributed by atoms with Crippen LogP contribution in [-0.4, -0.2) is 9.55 Å². The smallest absolute Gasteiger partial charge is 0.178 e. The summed E-state index contributed by atoms with van der Waals surface area (Å²) in [6.45, 7) is 3.64. The Kier molecular flexibility index (Phi) is 5.30. The largest absolute Gasteiger partial charge is 0.452 e. The van der Waals surface area contributed by atoms with Crippen molar-refractivity contribution in [1.29, 1.82) is 0 Å². The Labute approximate surface area is 294 Å². The molecule has 0 amide bonds. The van der Waals surface area contributed by atoms with Crippen molar-refractivity contribution >= 4 is 54.9 Å². The molecule has 0 aliphatic rings. The summed E-state index contributed by atoms with van der Waals surface area (Å²) in [5, 5.41) is 2.84. The van der Waals surface area contributed by atoms with Crippen LogP contribution in [0.1, 0.15) is 70.0 Å². The summed E-state index contributed by atoms with van der Waals surface area (Å²) in [6.07, 6.45) is 0. The standard InChI is InChI=1S/C45H38N2O2/c1-25(2)35-23-30(29-14-8-7-9-15-29)24-36(26(3)4)41(35)47-40-28(6)13-12-17-37(40)46-45(47)34-20-19-27(5)39-33-22-21-32-31-16-10-11-18-38(31)48-43(32)44(33)49-42(34)39/h7-26H,1-6H3/i5D3,6D3. The summed E-state index contributed by atoms with van der Waals surface area (Å²) in [5.41, 5.74) is 8.86. The molecule has 0 fully saturated rings. The molecule has 6 aromatic carbocycles. The average molecular weight is 645 g/mol. The summed E-state index contributed by atoms with van der Waals surface area (Å²) >= 11 is 0. The number of furan rings is 2. The van der Waals surface area contributed by atoms with Gasteiger partial charge in [-0.3, -0.25) is 4.57 Å². The van der Waals surface area contributed by atoms with Gasteiger partial charge in [-0.05, 0) is 101 Å². The highest BCUT2D eigenvalue weighted by Crippen LogP contribution is 2.45. The van der Waals surface area contributed by atoms with Crippen molar-refractivity contribution in [3.05, 3.63) is 131 Å². The second kappa shape index (κ2) is 11.0. The molecular formula is C45H38N2O2. The van der Waals surface area contributed by atoms with Crippen LogP contribution in [0.3, 0.4) is 0 Å². The van der Waals surface area contributed by atoms with E-state index in [1.807, 2.05) is 65.2 Å². The molecule has 0 N–H and O–H groups in total. The van der Waals surface area contributed by atoms with Crippen molar-refractivity contribution in [2.75, 3.05) is 0 Å². The van der Waals surface area contributed by atoms with E-state index in [0.717, 1.165) is 38.7 Å². The number of aryl methyl sites for hydroxylation is 2. The maximum Gasteiger partial charge on any atom is 0.178 e. The minimum atomic E-state index is -2.46. The zero-order chi connectivity index (χ0) is 38.6. The van der Waals surface area contributed by atoms with Gasteiger partial charge in [-0.2, -0.15) is 0 Å². The molecule has 9 aromatic rings. The number of benzene rings is 6. The molecule has 49 heavy (non-hydrogen) atoms. The van der Waals surface area contributed by atoms with Crippen molar-refractivity contribution in [3.63, 3.8) is 0 Å². The zero-order valence-electron chi connectivity index (χ0n) is 33.8. The minimum Gasteiger partial charge on any atom is -0.452 e. The monoisotopic (exact) mass is 644 g/mol. The molecule has 0 saturated carbocycles. The highest BCUT2D eigenvalue weighted by Gasteiger charge is 2.27. The van der Waals surface area contributed by atoms with Crippen LogP contribution in [0, 0.1) is 13.7 Å². The van der Waals surface area contributed by atoms with Crippen molar-refractivity contribution in [3.8, 4) is 28.2 Å². The fourth-order valence-electron chi connectivity index (χ4n) is 7.44. The van der Waals surface area contributed by atoms with Gasteiger partial charge in [-0.15, -0.1) is 0 Å². The van der Waals surface area contributed by atoms with E-state index in [9.17, 15) is 0 Å². The van der Waals surface area contributed by atoms with Gasteiger partial charge in [-0.25, -0.2) is 4.98 Å². The number of aromatic nitrogens is 2. The molecule has 0 aliphatic heterocycles. The first-order chi connectivity index (χ1) is 26.2. The molecule has 4 heteroatoms. The average Bonchev–Trinajstić information content (AvgIpc) is 3.85. The third-order valence-electron chi connectivity index (χ3n) is 9.79. The molecule has 9 rings (SSSR count). The predicted octanol–water partition coefficient (Wildman–Crippen LogP) is 13.0. The van der Waals surface area contributed by atoms with Gasteiger partial charge in [0, 0.05) is 29.8 Å². The zero-order valence-corrected chi connectivity index (χ0v) is 27.8. The van der Waals surface area contributed by atoms with E-state index in [0.29, 0.717) is 55.5 Å². The van der Waals surface area contributed by atoms with Crippen molar-refractivity contribution in [2.24, 2.45) is 0 Å². The van der Waals surface area contributed by atoms with Crippen molar-refractivity contribution in [2.45, 2.75) is 53.2 Å². The van der Waals surface area contributed by atoms with E-state index in [4.69, 9.17) is 22.0 Å². The Morgan fingerprint density at radius 1 is 0.612 bits per heavy atom. The molecule has 0 saturated heterocycles. The Morgan fingerprint density at radius 2 is 1.33 bits per heavy atom. The van der Waals surface area contributed by atoms with Crippen molar-refractivity contribution in [1.82, 2.24) is 9.55 Å². The topological polar surface area (TPSA) is 44.1 Å². The molecule has 3 heterocycles. The predicted molar refractivity (Wildman–Crippen MR) is 204 cm³/mol. The molecule has 3 aromatic heterocycles. The number of hydrogen-bond acceptors (Lipinski definition) is 3. The van der Waals surface area contributed by atoms with Crippen LogP contribution in [0.5, 0.6) is 0 Å². The number of para-hydroxylation sites is 2. The van der Waals surface area contributed by atoms with Gasteiger partial charge in [-0.1, -0.05) is 94.4 Å². The second-order valence-electron chi connectivity index (χ2n) is 13.5. The maximum atomic E-state index is 8.68.